The van der Waals surface area contributed by atoms with Gasteiger partial charge in [-0.15, -0.1) is 0 Å². The van der Waals surface area contributed by atoms with Gasteiger partial charge in [-0.25, -0.2) is 0 Å². The Labute approximate surface area is 243 Å². The largest absolute Gasteiger partial charge is 0.368 e. The first-order valence-corrected chi connectivity index (χ1v) is 18.2. The van der Waals surface area contributed by atoms with E-state index in [-0.39, 0.29) is 11.8 Å². The van der Waals surface area contributed by atoms with Crippen molar-refractivity contribution in [2.75, 3.05) is 0 Å². The molecule has 0 bridgehead atoms. The van der Waals surface area contributed by atoms with Crippen LogP contribution in [0.1, 0.15) is 116 Å². The van der Waals surface area contributed by atoms with E-state index in [9.17, 15) is 20.4 Å². The maximum atomic E-state index is 10.9. The van der Waals surface area contributed by atoms with Gasteiger partial charge in [-0.05, 0) is 173 Å². The predicted octanol–water partition coefficient (Wildman–Crippen LogP) is 6.60. The molecule has 8 aliphatic carbocycles. The van der Waals surface area contributed by atoms with Crippen LogP contribution in [0.3, 0.4) is 0 Å². The summed E-state index contributed by atoms with van der Waals surface area (Å²) < 4.78 is 0. The summed E-state index contributed by atoms with van der Waals surface area (Å²) in [7, 11) is 0. The Kier molecular flexibility index (Phi) is 7.38. The van der Waals surface area contributed by atoms with E-state index >= 15 is 0 Å². The van der Waals surface area contributed by atoms with E-state index in [0.29, 0.717) is 23.7 Å². The summed E-state index contributed by atoms with van der Waals surface area (Å²) in [6, 6.07) is 0. The third kappa shape index (κ3) is 4.42. The molecule has 0 radical (unpaired) electrons. The van der Waals surface area contributed by atoms with Crippen LogP contribution in [0.15, 0.2) is 0 Å². The van der Waals surface area contributed by atoms with Gasteiger partial charge in [0, 0.05) is 11.8 Å². The highest BCUT2D eigenvalue weighted by Crippen LogP contribution is 2.65. The second-order valence-corrected chi connectivity index (χ2v) is 16.9. The summed E-state index contributed by atoms with van der Waals surface area (Å²) in [4.78, 5) is 0. The monoisotopic (exact) mass is 554 g/mol. The van der Waals surface area contributed by atoms with Crippen molar-refractivity contribution in [2.24, 2.45) is 94.7 Å². The normalized spacial score (nSPS) is 55.6. The quantitative estimate of drug-likeness (QED) is 0.297. The van der Waals surface area contributed by atoms with E-state index in [0.717, 1.165) is 78.4 Å². The van der Waals surface area contributed by atoms with Gasteiger partial charge >= 0.3 is 0 Å². The van der Waals surface area contributed by atoms with Gasteiger partial charge in [-0.2, -0.15) is 0 Å². The second kappa shape index (κ2) is 10.8. The molecule has 8 fully saturated rings. The van der Waals surface area contributed by atoms with Crippen molar-refractivity contribution in [1.82, 2.24) is 0 Å². The highest BCUT2D eigenvalue weighted by atomic mass is 16.5. The van der Waals surface area contributed by atoms with E-state index in [2.05, 4.69) is 0 Å². The molecule has 0 aromatic heterocycles. The zero-order valence-corrected chi connectivity index (χ0v) is 24.9. The molecule has 4 N–H and O–H groups in total. The fourth-order valence-corrected chi connectivity index (χ4v) is 14.7. The number of rotatable bonds is 3. The molecule has 16 atom stereocenters. The van der Waals surface area contributed by atoms with Gasteiger partial charge in [0.15, 0.2) is 12.6 Å². The summed E-state index contributed by atoms with van der Waals surface area (Å²) >= 11 is 0. The fourth-order valence-electron chi connectivity index (χ4n) is 14.7. The molecule has 0 aliphatic heterocycles. The van der Waals surface area contributed by atoms with Gasteiger partial charge in [0.25, 0.3) is 0 Å². The summed E-state index contributed by atoms with van der Waals surface area (Å²) in [5, 5.41) is 42.4. The van der Waals surface area contributed by atoms with Crippen LogP contribution in [0.25, 0.3) is 0 Å². The van der Waals surface area contributed by atoms with Crippen molar-refractivity contribution in [3.05, 3.63) is 0 Å². The Balaban J connectivity index is 1.11. The molecule has 0 amide bonds. The number of fused-ring (bicyclic) bond motifs is 10. The van der Waals surface area contributed by atoms with E-state index in [4.69, 9.17) is 0 Å². The Morgan fingerprint density at radius 2 is 0.825 bits per heavy atom. The summed E-state index contributed by atoms with van der Waals surface area (Å²) in [5.74, 6) is 11.1. The SMILES string of the molecule is OC(O)C1CCC2C3CCC4CCCC4C3CC(C3C[C@H]4C(CC[C@H]5[C@@H]6CCC[C@H]6CC[C@@H]54)CC3C(O)O)C2C1. The van der Waals surface area contributed by atoms with Gasteiger partial charge < -0.3 is 20.4 Å². The molecule has 0 aromatic carbocycles. The molecule has 0 saturated heterocycles. The number of aliphatic hydroxyl groups excluding tert-OH is 2. The van der Waals surface area contributed by atoms with Crippen LogP contribution in [0.2, 0.25) is 0 Å². The van der Waals surface area contributed by atoms with Crippen LogP contribution >= 0.6 is 0 Å². The minimum atomic E-state index is -1.20. The topological polar surface area (TPSA) is 80.9 Å². The first kappa shape index (κ1) is 27.4. The van der Waals surface area contributed by atoms with Crippen LogP contribution in [0, 0.1) is 94.7 Å². The molecule has 40 heavy (non-hydrogen) atoms. The lowest BCUT2D eigenvalue weighted by molar-refractivity contribution is -0.178. The van der Waals surface area contributed by atoms with Crippen molar-refractivity contribution >= 4 is 0 Å². The predicted molar refractivity (Wildman–Crippen MR) is 155 cm³/mol. The molecule has 0 spiro atoms. The van der Waals surface area contributed by atoms with Crippen LogP contribution in [-0.4, -0.2) is 33.0 Å². The standard InChI is InChI=1S/C36H58O4/c37-35(38)22-10-14-27-28-12-8-20-4-2-6-24(20)31(28)18-32(30(27)16-22)33-17-29-21(15-34(33)36(39)40)9-13-25-23-5-1-3-19(23)7-11-26(25)29/h19-40H,1-18H2/t19-,20?,21?,22?,23+,24?,25-,26-,27?,28?,29-,30?,31?,32?,33?,34?/m0/s1. The molecule has 226 valence electrons. The molecule has 8 aliphatic rings. The number of hydrogen-bond acceptors (Lipinski definition) is 4. The van der Waals surface area contributed by atoms with Gasteiger partial charge in [0.05, 0.1) is 0 Å². The van der Waals surface area contributed by atoms with Crippen molar-refractivity contribution in [2.45, 2.75) is 128 Å². The van der Waals surface area contributed by atoms with E-state index in [1.807, 2.05) is 0 Å². The van der Waals surface area contributed by atoms with Crippen LogP contribution < -0.4 is 0 Å². The second-order valence-electron chi connectivity index (χ2n) is 16.9. The molecular formula is C36H58O4. The maximum Gasteiger partial charge on any atom is 0.154 e. The first-order chi connectivity index (χ1) is 19.5. The van der Waals surface area contributed by atoms with Gasteiger partial charge in [0.2, 0.25) is 0 Å². The summed E-state index contributed by atoms with van der Waals surface area (Å²) in [6.45, 7) is 0. The smallest absolute Gasteiger partial charge is 0.154 e. The number of hydrogen-bond donors (Lipinski definition) is 4. The maximum absolute atomic E-state index is 10.9. The van der Waals surface area contributed by atoms with Crippen molar-refractivity contribution < 1.29 is 20.4 Å². The lowest BCUT2D eigenvalue weighted by Crippen LogP contribution is -2.55. The molecule has 4 heteroatoms. The zero-order chi connectivity index (χ0) is 27.1. The highest BCUT2D eigenvalue weighted by Gasteiger charge is 2.58. The van der Waals surface area contributed by atoms with Gasteiger partial charge in [-0.3, -0.25) is 0 Å². The Morgan fingerprint density at radius 1 is 0.325 bits per heavy atom. The minimum absolute atomic E-state index is 0.00802. The van der Waals surface area contributed by atoms with Crippen LogP contribution in [-0.2, 0) is 0 Å². The lowest BCUT2D eigenvalue weighted by atomic mass is 9.45. The van der Waals surface area contributed by atoms with Crippen molar-refractivity contribution in [3.63, 3.8) is 0 Å². The average Bonchev–Trinajstić information content (AvgIpc) is 3.65. The highest BCUT2D eigenvalue weighted by molar-refractivity contribution is 5.07. The van der Waals surface area contributed by atoms with Crippen molar-refractivity contribution in [1.29, 1.82) is 0 Å². The first-order valence-electron chi connectivity index (χ1n) is 18.2. The Morgan fingerprint density at radius 3 is 1.48 bits per heavy atom. The molecule has 8 saturated carbocycles. The third-order valence-electron chi connectivity index (χ3n) is 16.1. The van der Waals surface area contributed by atoms with E-state index < -0.39 is 12.6 Å². The molecule has 8 rings (SSSR count). The Bertz CT molecular complexity index is 903. The summed E-state index contributed by atoms with van der Waals surface area (Å²) in [6.07, 6.45) is 21.5. The van der Waals surface area contributed by atoms with Crippen molar-refractivity contribution in [3.8, 4) is 0 Å². The molecule has 0 heterocycles. The third-order valence-corrected chi connectivity index (χ3v) is 16.1. The molecular weight excluding hydrogens is 496 g/mol. The van der Waals surface area contributed by atoms with Gasteiger partial charge in [-0.1, -0.05) is 25.7 Å². The van der Waals surface area contributed by atoms with E-state index in [1.165, 1.54) is 96.3 Å². The van der Waals surface area contributed by atoms with Gasteiger partial charge in [0.1, 0.15) is 0 Å². The fraction of sp³-hybridized carbons (Fsp3) is 1.00. The summed E-state index contributed by atoms with van der Waals surface area (Å²) in [5.41, 5.74) is 0. The molecule has 11 unspecified atom stereocenters. The average molecular weight is 555 g/mol. The van der Waals surface area contributed by atoms with Crippen LogP contribution in [0.4, 0.5) is 0 Å². The lowest BCUT2D eigenvalue weighted by Gasteiger charge is -2.60. The van der Waals surface area contributed by atoms with E-state index in [1.54, 1.807) is 0 Å². The number of aliphatic hydroxyl groups is 4. The molecule has 0 aromatic rings. The van der Waals surface area contributed by atoms with Crippen LogP contribution in [0.5, 0.6) is 0 Å². The molecule has 4 nitrogen and oxygen atoms in total. The Hall–Kier alpha value is -0.160. The minimum Gasteiger partial charge on any atom is -0.368 e. The zero-order valence-electron chi connectivity index (χ0n) is 24.9.